The molecule has 20 heavy (non-hydrogen) atoms. The molecule has 0 saturated heterocycles. The van der Waals surface area contributed by atoms with Crippen molar-refractivity contribution in [1.29, 1.82) is 0 Å². The Morgan fingerprint density at radius 3 is 2.65 bits per heavy atom. The predicted octanol–water partition coefficient (Wildman–Crippen LogP) is 2.90. The molecule has 114 valence electrons. The molecule has 1 atom stereocenters. The maximum Gasteiger partial charge on any atom is 0.416 e. The maximum atomic E-state index is 12.6. The van der Waals surface area contributed by atoms with Crippen molar-refractivity contribution in [2.75, 3.05) is 13.2 Å². The number of ether oxygens (including phenoxy) is 1. The van der Waals surface area contributed by atoms with Crippen LogP contribution in [-0.2, 0) is 17.3 Å². The number of alkyl halides is 3. The normalized spacial score (nSPS) is 13.4. The molecule has 0 saturated carbocycles. The van der Waals surface area contributed by atoms with Crippen LogP contribution in [0.2, 0.25) is 0 Å². The van der Waals surface area contributed by atoms with Crippen LogP contribution in [0.3, 0.4) is 0 Å². The Morgan fingerprint density at radius 2 is 2.05 bits per heavy atom. The van der Waals surface area contributed by atoms with Gasteiger partial charge in [-0.1, -0.05) is 25.1 Å². The zero-order valence-corrected chi connectivity index (χ0v) is 11.5. The number of nitrogens with one attached hydrogen (secondary N) is 1. The van der Waals surface area contributed by atoms with Gasteiger partial charge in [0.25, 0.3) is 0 Å². The largest absolute Gasteiger partial charge is 0.416 e. The van der Waals surface area contributed by atoms with E-state index in [1.54, 1.807) is 6.07 Å². The average molecular weight is 290 g/mol. The number of hydrogen-bond donors (Lipinski definition) is 2. The standard InChI is InChI=1S/C14H21F3N2O/c1-2-7-20-8-6-13(19-18)10-11-4-3-5-12(9-11)14(15,16)17/h3-5,9,13,19H,2,6-8,10,18H2,1H3. The van der Waals surface area contributed by atoms with E-state index in [9.17, 15) is 13.2 Å². The molecule has 1 aromatic rings. The zero-order chi connectivity index (χ0) is 15.0. The molecule has 1 rings (SSSR count). The van der Waals surface area contributed by atoms with Crippen LogP contribution in [0.5, 0.6) is 0 Å². The summed E-state index contributed by atoms with van der Waals surface area (Å²) >= 11 is 0. The monoisotopic (exact) mass is 290 g/mol. The molecule has 6 heteroatoms. The lowest BCUT2D eigenvalue weighted by molar-refractivity contribution is -0.137. The molecule has 1 aromatic carbocycles. The Hall–Kier alpha value is -1.11. The van der Waals surface area contributed by atoms with Gasteiger partial charge in [-0.15, -0.1) is 0 Å². The van der Waals surface area contributed by atoms with Gasteiger partial charge in [0, 0.05) is 19.3 Å². The molecule has 0 radical (unpaired) electrons. The first-order chi connectivity index (χ1) is 9.47. The Kier molecular flexibility index (Phi) is 6.98. The third-order valence-electron chi connectivity index (χ3n) is 2.93. The summed E-state index contributed by atoms with van der Waals surface area (Å²) in [5.41, 5.74) is 2.60. The van der Waals surface area contributed by atoms with Crippen molar-refractivity contribution >= 4 is 0 Å². The first-order valence-electron chi connectivity index (χ1n) is 6.67. The van der Waals surface area contributed by atoms with Crippen molar-refractivity contribution in [2.45, 2.75) is 38.4 Å². The lowest BCUT2D eigenvalue weighted by atomic mass is 10.0. The van der Waals surface area contributed by atoms with Crippen LogP contribution in [0, 0.1) is 0 Å². The summed E-state index contributed by atoms with van der Waals surface area (Å²) in [6.07, 6.45) is -2.27. The lowest BCUT2D eigenvalue weighted by Crippen LogP contribution is -2.37. The lowest BCUT2D eigenvalue weighted by Gasteiger charge is -2.17. The zero-order valence-electron chi connectivity index (χ0n) is 11.5. The number of nitrogens with two attached hydrogens (primary N) is 1. The van der Waals surface area contributed by atoms with Crippen molar-refractivity contribution in [3.63, 3.8) is 0 Å². The fourth-order valence-electron chi connectivity index (χ4n) is 1.88. The van der Waals surface area contributed by atoms with Gasteiger partial charge in [0.05, 0.1) is 5.56 Å². The van der Waals surface area contributed by atoms with Crippen LogP contribution >= 0.6 is 0 Å². The summed E-state index contributed by atoms with van der Waals surface area (Å²) in [6, 6.07) is 5.22. The molecule has 0 heterocycles. The van der Waals surface area contributed by atoms with Gasteiger partial charge in [0.1, 0.15) is 0 Å². The second kappa shape index (κ2) is 8.24. The number of rotatable bonds is 8. The summed E-state index contributed by atoms with van der Waals surface area (Å²) < 4.78 is 43.2. The van der Waals surface area contributed by atoms with Crippen LogP contribution in [0.25, 0.3) is 0 Å². The summed E-state index contributed by atoms with van der Waals surface area (Å²) in [4.78, 5) is 0. The summed E-state index contributed by atoms with van der Waals surface area (Å²) in [5, 5.41) is 0. The molecule has 0 fully saturated rings. The molecule has 0 aliphatic carbocycles. The summed E-state index contributed by atoms with van der Waals surface area (Å²) in [6.45, 7) is 3.24. The summed E-state index contributed by atoms with van der Waals surface area (Å²) in [5.74, 6) is 5.43. The van der Waals surface area contributed by atoms with Crippen LogP contribution in [0.4, 0.5) is 13.2 Å². The van der Waals surface area contributed by atoms with Crippen LogP contribution in [0.15, 0.2) is 24.3 Å². The fourth-order valence-corrected chi connectivity index (χ4v) is 1.88. The highest BCUT2D eigenvalue weighted by atomic mass is 19.4. The maximum absolute atomic E-state index is 12.6. The van der Waals surface area contributed by atoms with Crippen LogP contribution in [-0.4, -0.2) is 19.3 Å². The molecule has 0 bridgehead atoms. The van der Waals surface area contributed by atoms with E-state index in [0.717, 1.165) is 18.6 Å². The molecular weight excluding hydrogens is 269 g/mol. The molecule has 0 spiro atoms. The topological polar surface area (TPSA) is 47.3 Å². The predicted molar refractivity (Wildman–Crippen MR) is 72.0 cm³/mol. The van der Waals surface area contributed by atoms with E-state index >= 15 is 0 Å². The van der Waals surface area contributed by atoms with Gasteiger partial charge in [-0.25, -0.2) is 0 Å². The summed E-state index contributed by atoms with van der Waals surface area (Å²) in [7, 11) is 0. The smallest absolute Gasteiger partial charge is 0.381 e. The third-order valence-corrected chi connectivity index (χ3v) is 2.93. The molecular formula is C14H21F3N2O. The Balaban J connectivity index is 2.56. The van der Waals surface area contributed by atoms with E-state index in [2.05, 4.69) is 5.43 Å². The minimum atomic E-state index is -4.31. The van der Waals surface area contributed by atoms with Gasteiger partial charge < -0.3 is 4.74 Å². The van der Waals surface area contributed by atoms with Gasteiger partial charge in [-0.3, -0.25) is 11.3 Å². The quantitative estimate of drug-likeness (QED) is 0.440. The van der Waals surface area contributed by atoms with E-state index in [-0.39, 0.29) is 6.04 Å². The molecule has 0 amide bonds. The van der Waals surface area contributed by atoms with Gasteiger partial charge in [0.2, 0.25) is 0 Å². The van der Waals surface area contributed by atoms with Gasteiger partial charge in [-0.2, -0.15) is 13.2 Å². The molecule has 3 N–H and O–H groups in total. The van der Waals surface area contributed by atoms with E-state index in [0.29, 0.717) is 31.6 Å². The third kappa shape index (κ3) is 5.90. The minimum Gasteiger partial charge on any atom is -0.381 e. The molecule has 0 aliphatic heterocycles. The SMILES string of the molecule is CCCOCCC(Cc1cccc(C(F)(F)F)c1)NN. The van der Waals surface area contributed by atoms with Crippen molar-refractivity contribution in [3.05, 3.63) is 35.4 Å². The Bertz CT molecular complexity index is 396. The second-order valence-electron chi connectivity index (χ2n) is 4.67. The molecule has 3 nitrogen and oxygen atoms in total. The average Bonchev–Trinajstić information content (AvgIpc) is 2.41. The minimum absolute atomic E-state index is 0.102. The van der Waals surface area contributed by atoms with Crippen molar-refractivity contribution in [2.24, 2.45) is 5.84 Å². The van der Waals surface area contributed by atoms with E-state index in [4.69, 9.17) is 10.6 Å². The number of halogens is 3. The van der Waals surface area contributed by atoms with E-state index < -0.39 is 11.7 Å². The Morgan fingerprint density at radius 1 is 1.30 bits per heavy atom. The number of hydrazine groups is 1. The molecule has 0 aromatic heterocycles. The number of hydrogen-bond acceptors (Lipinski definition) is 3. The molecule has 0 aliphatic rings. The second-order valence-corrected chi connectivity index (χ2v) is 4.67. The fraction of sp³-hybridized carbons (Fsp3) is 0.571. The first-order valence-corrected chi connectivity index (χ1v) is 6.67. The van der Waals surface area contributed by atoms with Crippen molar-refractivity contribution in [3.8, 4) is 0 Å². The van der Waals surface area contributed by atoms with Crippen LogP contribution in [0.1, 0.15) is 30.9 Å². The van der Waals surface area contributed by atoms with Crippen LogP contribution < -0.4 is 11.3 Å². The van der Waals surface area contributed by atoms with Gasteiger partial charge in [0.15, 0.2) is 0 Å². The van der Waals surface area contributed by atoms with E-state index in [1.165, 1.54) is 6.07 Å². The molecule has 1 unspecified atom stereocenters. The highest BCUT2D eigenvalue weighted by Crippen LogP contribution is 2.29. The highest BCUT2D eigenvalue weighted by molar-refractivity contribution is 5.26. The first kappa shape index (κ1) is 16.9. The van der Waals surface area contributed by atoms with E-state index in [1.807, 2.05) is 6.92 Å². The van der Waals surface area contributed by atoms with Gasteiger partial charge >= 0.3 is 6.18 Å². The van der Waals surface area contributed by atoms with Crippen molar-refractivity contribution in [1.82, 2.24) is 5.43 Å². The Labute approximate surface area is 117 Å². The highest BCUT2D eigenvalue weighted by Gasteiger charge is 2.30. The van der Waals surface area contributed by atoms with Gasteiger partial charge in [-0.05, 0) is 30.9 Å². The van der Waals surface area contributed by atoms with Crippen molar-refractivity contribution < 1.29 is 17.9 Å². The number of benzene rings is 1.